The Kier molecular flexibility index (Phi) is 3.73. The molecule has 1 fully saturated rings. The van der Waals surface area contributed by atoms with Crippen molar-refractivity contribution in [2.24, 2.45) is 0 Å². The number of anilines is 1. The van der Waals surface area contributed by atoms with Crippen molar-refractivity contribution < 1.29 is 4.74 Å². The van der Waals surface area contributed by atoms with Crippen LogP contribution >= 0.6 is 23.2 Å². The second-order valence-electron chi connectivity index (χ2n) is 3.64. The van der Waals surface area contributed by atoms with Crippen LogP contribution in [0, 0.1) is 0 Å². The van der Waals surface area contributed by atoms with Crippen molar-refractivity contribution in [3.8, 4) is 0 Å². The smallest absolute Gasteiger partial charge is 0.0748 e. The van der Waals surface area contributed by atoms with Gasteiger partial charge in [0.15, 0.2) is 0 Å². The van der Waals surface area contributed by atoms with Crippen LogP contribution in [0.15, 0.2) is 18.2 Å². The molecule has 82 valence electrons. The third-order valence-electron chi connectivity index (χ3n) is 2.47. The molecule has 1 aliphatic heterocycles. The topological polar surface area (TPSA) is 21.3 Å². The zero-order valence-electron chi connectivity index (χ0n) is 8.30. The van der Waals surface area contributed by atoms with Crippen molar-refractivity contribution in [1.29, 1.82) is 0 Å². The van der Waals surface area contributed by atoms with E-state index >= 15 is 0 Å². The highest BCUT2D eigenvalue weighted by Gasteiger charge is 2.15. The Labute approximate surface area is 99.5 Å². The van der Waals surface area contributed by atoms with Gasteiger partial charge in [0.2, 0.25) is 0 Å². The van der Waals surface area contributed by atoms with Crippen LogP contribution in [-0.4, -0.2) is 19.3 Å². The van der Waals surface area contributed by atoms with E-state index in [0.717, 1.165) is 31.7 Å². The summed E-state index contributed by atoms with van der Waals surface area (Å²) in [5, 5.41) is 4.64. The van der Waals surface area contributed by atoms with Gasteiger partial charge in [-0.2, -0.15) is 0 Å². The zero-order chi connectivity index (χ0) is 10.7. The molecule has 4 heteroatoms. The van der Waals surface area contributed by atoms with Crippen LogP contribution in [0.5, 0.6) is 0 Å². The van der Waals surface area contributed by atoms with Gasteiger partial charge >= 0.3 is 0 Å². The molecule has 1 aromatic rings. The average Bonchev–Trinajstić information content (AvgIpc) is 2.72. The van der Waals surface area contributed by atoms with Gasteiger partial charge < -0.3 is 10.1 Å². The monoisotopic (exact) mass is 245 g/mol. The van der Waals surface area contributed by atoms with Gasteiger partial charge in [0, 0.05) is 18.2 Å². The summed E-state index contributed by atoms with van der Waals surface area (Å²) in [6.45, 7) is 1.66. The van der Waals surface area contributed by atoms with Crippen molar-refractivity contribution in [3.05, 3.63) is 28.2 Å². The van der Waals surface area contributed by atoms with Crippen LogP contribution in [0.4, 0.5) is 5.69 Å². The lowest BCUT2D eigenvalue weighted by atomic mass is 10.2. The van der Waals surface area contributed by atoms with Crippen molar-refractivity contribution in [3.63, 3.8) is 0 Å². The highest BCUT2D eigenvalue weighted by molar-refractivity contribution is 6.35. The maximum absolute atomic E-state index is 6.02. The number of ether oxygens (including phenoxy) is 1. The van der Waals surface area contributed by atoms with E-state index in [0.29, 0.717) is 16.1 Å². The molecule has 1 aromatic carbocycles. The first-order valence-electron chi connectivity index (χ1n) is 5.06. The van der Waals surface area contributed by atoms with Crippen LogP contribution in [0.3, 0.4) is 0 Å². The van der Waals surface area contributed by atoms with Crippen LogP contribution < -0.4 is 5.32 Å². The Balaban J connectivity index is 1.94. The Bertz CT molecular complexity index is 337. The molecule has 0 radical (unpaired) electrons. The SMILES string of the molecule is Clc1ccc(Cl)c(NCC2CCCO2)c1. The predicted octanol–water partition coefficient (Wildman–Crippen LogP) is 3.58. The molecule has 1 N–H and O–H groups in total. The van der Waals surface area contributed by atoms with E-state index in [1.54, 1.807) is 12.1 Å². The first kappa shape index (κ1) is 11.1. The number of rotatable bonds is 3. The second kappa shape index (κ2) is 5.06. The van der Waals surface area contributed by atoms with Gasteiger partial charge in [-0.25, -0.2) is 0 Å². The average molecular weight is 246 g/mol. The molecule has 0 bridgehead atoms. The molecular formula is C11H13Cl2NO. The number of nitrogens with one attached hydrogen (secondary N) is 1. The van der Waals surface area contributed by atoms with Crippen LogP contribution in [0.25, 0.3) is 0 Å². The maximum atomic E-state index is 6.02. The summed E-state index contributed by atoms with van der Waals surface area (Å²) in [5.74, 6) is 0. The van der Waals surface area contributed by atoms with Gasteiger partial charge in [-0.1, -0.05) is 23.2 Å². The maximum Gasteiger partial charge on any atom is 0.0748 e. The summed E-state index contributed by atoms with van der Waals surface area (Å²) < 4.78 is 5.51. The Morgan fingerprint density at radius 2 is 2.27 bits per heavy atom. The lowest BCUT2D eigenvalue weighted by molar-refractivity contribution is 0.120. The fraction of sp³-hybridized carbons (Fsp3) is 0.455. The lowest BCUT2D eigenvalue weighted by Gasteiger charge is -2.13. The molecule has 1 saturated heterocycles. The molecule has 2 rings (SSSR count). The Morgan fingerprint density at radius 3 is 3.00 bits per heavy atom. The van der Waals surface area contributed by atoms with Gasteiger partial charge in [-0.15, -0.1) is 0 Å². The molecule has 1 heterocycles. The standard InChI is InChI=1S/C11H13Cl2NO/c12-8-3-4-10(13)11(6-8)14-7-9-2-1-5-15-9/h3-4,6,9,14H,1-2,5,7H2. The largest absolute Gasteiger partial charge is 0.381 e. The third-order valence-corrected chi connectivity index (χ3v) is 3.04. The minimum atomic E-state index is 0.306. The summed E-state index contributed by atoms with van der Waals surface area (Å²) in [5.41, 5.74) is 0.875. The highest BCUT2D eigenvalue weighted by Crippen LogP contribution is 2.25. The second-order valence-corrected chi connectivity index (χ2v) is 4.48. The van der Waals surface area contributed by atoms with E-state index in [-0.39, 0.29) is 0 Å². The molecule has 0 aromatic heterocycles. The zero-order valence-corrected chi connectivity index (χ0v) is 9.81. The van der Waals surface area contributed by atoms with Crippen LogP contribution in [-0.2, 0) is 4.74 Å². The highest BCUT2D eigenvalue weighted by atomic mass is 35.5. The fourth-order valence-corrected chi connectivity index (χ4v) is 2.02. The lowest BCUT2D eigenvalue weighted by Crippen LogP contribution is -2.18. The van der Waals surface area contributed by atoms with Crippen LogP contribution in [0.2, 0.25) is 10.0 Å². The van der Waals surface area contributed by atoms with E-state index in [1.807, 2.05) is 6.07 Å². The van der Waals surface area contributed by atoms with E-state index in [2.05, 4.69) is 5.32 Å². The Hall–Kier alpha value is -0.440. The molecule has 1 atom stereocenters. The number of hydrogen-bond donors (Lipinski definition) is 1. The Morgan fingerprint density at radius 1 is 1.40 bits per heavy atom. The molecule has 1 aliphatic rings. The molecule has 0 aliphatic carbocycles. The summed E-state index contributed by atoms with van der Waals surface area (Å²) in [6.07, 6.45) is 2.57. The summed E-state index contributed by atoms with van der Waals surface area (Å²) in [6, 6.07) is 5.40. The summed E-state index contributed by atoms with van der Waals surface area (Å²) in [7, 11) is 0. The first-order chi connectivity index (χ1) is 7.25. The molecule has 0 spiro atoms. The first-order valence-corrected chi connectivity index (χ1v) is 5.82. The third kappa shape index (κ3) is 3.00. The van der Waals surface area contributed by atoms with E-state index in [9.17, 15) is 0 Å². The van der Waals surface area contributed by atoms with Gasteiger partial charge in [-0.05, 0) is 31.0 Å². The number of halogens is 2. The molecule has 0 amide bonds. The number of hydrogen-bond acceptors (Lipinski definition) is 2. The van der Waals surface area contributed by atoms with Gasteiger partial charge in [0.25, 0.3) is 0 Å². The predicted molar refractivity (Wildman–Crippen MR) is 63.9 cm³/mol. The van der Waals surface area contributed by atoms with Gasteiger partial charge in [-0.3, -0.25) is 0 Å². The summed E-state index contributed by atoms with van der Waals surface area (Å²) >= 11 is 11.9. The van der Waals surface area contributed by atoms with Crippen molar-refractivity contribution >= 4 is 28.9 Å². The van der Waals surface area contributed by atoms with Crippen molar-refractivity contribution in [1.82, 2.24) is 0 Å². The molecule has 0 saturated carbocycles. The van der Waals surface area contributed by atoms with Gasteiger partial charge in [0.1, 0.15) is 0 Å². The van der Waals surface area contributed by atoms with E-state index < -0.39 is 0 Å². The fourth-order valence-electron chi connectivity index (χ4n) is 1.66. The van der Waals surface area contributed by atoms with Crippen molar-refractivity contribution in [2.45, 2.75) is 18.9 Å². The molecular weight excluding hydrogens is 233 g/mol. The van der Waals surface area contributed by atoms with Crippen molar-refractivity contribution in [2.75, 3.05) is 18.5 Å². The minimum Gasteiger partial charge on any atom is -0.381 e. The summed E-state index contributed by atoms with van der Waals surface area (Å²) in [4.78, 5) is 0. The number of benzene rings is 1. The van der Waals surface area contributed by atoms with E-state index in [4.69, 9.17) is 27.9 Å². The van der Waals surface area contributed by atoms with Crippen LogP contribution in [0.1, 0.15) is 12.8 Å². The quantitative estimate of drug-likeness (QED) is 0.879. The minimum absolute atomic E-state index is 0.306. The van der Waals surface area contributed by atoms with E-state index in [1.165, 1.54) is 0 Å². The van der Waals surface area contributed by atoms with Gasteiger partial charge in [0.05, 0.1) is 16.8 Å². The molecule has 1 unspecified atom stereocenters. The molecule has 2 nitrogen and oxygen atoms in total. The normalized spacial score (nSPS) is 20.5. The molecule has 15 heavy (non-hydrogen) atoms.